The minimum atomic E-state index is -0.170. The van der Waals surface area contributed by atoms with Gasteiger partial charge in [-0.3, -0.25) is 9.18 Å². The van der Waals surface area contributed by atoms with Gasteiger partial charge in [0.1, 0.15) is 0 Å². The van der Waals surface area contributed by atoms with E-state index in [1.54, 1.807) is 0 Å². The molecule has 0 aliphatic rings. The number of carbonyl (C=O) groups is 1. The summed E-state index contributed by atoms with van der Waals surface area (Å²) in [5.74, 6) is 0.0125. The molecule has 2 aromatic rings. The molecule has 1 aromatic carbocycles. The lowest BCUT2D eigenvalue weighted by Crippen LogP contribution is -2.24. The van der Waals surface area contributed by atoms with Crippen LogP contribution in [0.5, 0.6) is 0 Å². The molecule has 0 fully saturated rings. The van der Waals surface area contributed by atoms with Crippen LogP contribution >= 0.6 is 0 Å². The average molecular weight is 346 g/mol. The number of nitrogens with one attached hydrogen (secondary N) is 2. The van der Waals surface area contributed by atoms with E-state index in [9.17, 15) is 9.18 Å². The molecule has 0 aliphatic carbocycles. The zero-order chi connectivity index (χ0) is 17.7. The summed E-state index contributed by atoms with van der Waals surface area (Å²) in [5.41, 5.74) is 1.74. The molecule has 0 aliphatic heterocycles. The van der Waals surface area contributed by atoms with Gasteiger partial charge in [-0.25, -0.2) is 0 Å². The minimum absolute atomic E-state index is 0.0125. The number of benzene rings is 1. The maximum absolute atomic E-state index is 12.3. The Labute approximate surface area is 150 Å². The van der Waals surface area contributed by atoms with Gasteiger partial charge in [0.25, 0.3) is 5.91 Å². The van der Waals surface area contributed by atoms with Gasteiger partial charge < -0.3 is 10.3 Å². The van der Waals surface area contributed by atoms with Crippen molar-refractivity contribution in [1.82, 2.24) is 10.3 Å². The highest BCUT2D eigenvalue weighted by molar-refractivity contribution is 6.06. The molecule has 0 unspecified atom stereocenters. The summed E-state index contributed by atoms with van der Waals surface area (Å²) in [6.45, 7) is 0.569. The molecule has 1 amide bonds. The lowest BCUT2D eigenvalue weighted by Gasteiger charge is -2.06. The van der Waals surface area contributed by atoms with Crippen molar-refractivity contribution in [3.05, 3.63) is 36.0 Å². The molecule has 2 N–H and O–H groups in total. The van der Waals surface area contributed by atoms with Crippen molar-refractivity contribution < 1.29 is 9.18 Å². The largest absolute Gasteiger partial charge is 0.361 e. The molecule has 0 spiro atoms. The number of halogens is 1. The van der Waals surface area contributed by atoms with E-state index in [4.69, 9.17) is 0 Å². The summed E-state index contributed by atoms with van der Waals surface area (Å²) in [7, 11) is 0. The normalized spacial score (nSPS) is 11.1. The Morgan fingerprint density at radius 2 is 1.52 bits per heavy atom. The number of unbranched alkanes of at least 4 members (excludes halogenated alkanes) is 9. The van der Waals surface area contributed by atoms with Gasteiger partial charge in [-0.05, 0) is 31.0 Å². The highest BCUT2D eigenvalue weighted by Crippen LogP contribution is 2.17. The van der Waals surface area contributed by atoms with Gasteiger partial charge in [0.15, 0.2) is 0 Å². The Hall–Kier alpha value is -1.84. The molecule has 1 aromatic heterocycles. The third kappa shape index (κ3) is 6.89. The number of aromatic amines is 1. The lowest BCUT2D eigenvalue weighted by molar-refractivity contribution is 0.0954. The summed E-state index contributed by atoms with van der Waals surface area (Å²) in [5, 5.41) is 4.01. The Balaban J connectivity index is 1.49. The predicted octanol–water partition coefficient (Wildman–Crippen LogP) is 5.77. The third-order valence-electron chi connectivity index (χ3n) is 4.69. The Bertz CT molecular complexity index is 623. The lowest BCUT2D eigenvalue weighted by atomic mass is 10.1. The summed E-state index contributed by atoms with van der Waals surface area (Å²) in [4.78, 5) is 15.4. The maximum atomic E-state index is 12.3. The van der Waals surface area contributed by atoms with E-state index in [0.29, 0.717) is 0 Å². The van der Waals surface area contributed by atoms with Crippen molar-refractivity contribution in [2.24, 2.45) is 0 Å². The van der Waals surface area contributed by atoms with Gasteiger partial charge in [0.2, 0.25) is 0 Å². The summed E-state index contributed by atoms with van der Waals surface area (Å²) >= 11 is 0. The molecule has 1 heterocycles. The highest BCUT2D eigenvalue weighted by Gasteiger charge is 2.09. The van der Waals surface area contributed by atoms with E-state index in [0.717, 1.165) is 48.7 Å². The number of carbonyl (C=O) groups excluding carboxylic acids is 1. The zero-order valence-corrected chi connectivity index (χ0v) is 15.2. The average Bonchev–Trinajstić information content (AvgIpc) is 3.11. The standard InChI is InChI=1S/C21H31FN2O/c22-15-9-7-5-3-1-2-4-6-8-10-16-24-21(25)19-12-11-13-20-18(19)14-17-23-20/h11-14,17,23H,1-10,15-16H2,(H,24,25). The quantitative estimate of drug-likeness (QED) is 0.444. The topological polar surface area (TPSA) is 44.9 Å². The number of aromatic nitrogens is 1. The van der Waals surface area contributed by atoms with Crippen LogP contribution in [0.4, 0.5) is 4.39 Å². The molecular weight excluding hydrogens is 315 g/mol. The van der Waals surface area contributed by atoms with Gasteiger partial charge in [-0.2, -0.15) is 0 Å². The van der Waals surface area contributed by atoms with Gasteiger partial charge in [-0.15, -0.1) is 0 Å². The second-order valence-electron chi connectivity index (χ2n) is 6.72. The molecule has 0 bridgehead atoms. The summed E-state index contributed by atoms with van der Waals surface area (Å²) in [6.07, 6.45) is 13.3. The first-order valence-corrected chi connectivity index (χ1v) is 9.73. The fourth-order valence-electron chi connectivity index (χ4n) is 3.21. The van der Waals surface area contributed by atoms with E-state index in [-0.39, 0.29) is 12.6 Å². The smallest absolute Gasteiger partial charge is 0.251 e. The third-order valence-corrected chi connectivity index (χ3v) is 4.69. The van der Waals surface area contributed by atoms with Gasteiger partial charge in [-0.1, -0.05) is 57.4 Å². The van der Waals surface area contributed by atoms with Crippen molar-refractivity contribution in [2.75, 3.05) is 13.2 Å². The maximum Gasteiger partial charge on any atom is 0.251 e. The number of fused-ring (bicyclic) bond motifs is 1. The molecule has 0 radical (unpaired) electrons. The van der Waals surface area contributed by atoms with Crippen LogP contribution in [0.3, 0.4) is 0 Å². The van der Waals surface area contributed by atoms with E-state index >= 15 is 0 Å². The van der Waals surface area contributed by atoms with Crippen LogP contribution < -0.4 is 5.32 Å². The molecule has 2 rings (SSSR count). The van der Waals surface area contributed by atoms with Crippen LogP contribution in [0.2, 0.25) is 0 Å². The van der Waals surface area contributed by atoms with E-state index in [2.05, 4.69) is 10.3 Å². The van der Waals surface area contributed by atoms with Crippen molar-refractivity contribution in [3.8, 4) is 0 Å². The van der Waals surface area contributed by atoms with Gasteiger partial charge >= 0.3 is 0 Å². The molecule has 0 atom stereocenters. The second-order valence-corrected chi connectivity index (χ2v) is 6.72. The first-order chi connectivity index (χ1) is 12.3. The minimum Gasteiger partial charge on any atom is -0.361 e. The van der Waals surface area contributed by atoms with Crippen molar-refractivity contribution in [2.45, 2.75) is 64.2 Å². The molecule has 138 valence electrons. The molecular formula is C21H31FN2O. The molecule has 4 heteroatoms. The van der Waals surface area contributed by atoms with Crippen LogP contribution in [0, 0.1) is 0 Å². The monoisotopic (exact) mass is 346 g/mol. The van der Waals surface area contributed by atoms with Crippen LogP contribution in [-0.2, 0) is 0 Å². The zero-order valence-electron chi connectivity index (χ0n) is 15.2. The fraction of sp³-hybridized carbons (Fsp3) is 0.571. The van der Waals surface area contributed by atoms with Crippen LogP contribution in [0.1, 0.15) is 74.6 Å². The van der Waals surface area contributed by atoms with E-state index < -0.39 is 0 Å². The number of hydrogen-bond donors (Lipinski definition) is 2. The van der Waals surface area contributed by atoms with E-state index in [1.807, 2.05) is 30.5 Å². The van der Waals surface area contributed by atoms with Crippen LogP contribution in [-0.4, -0.2) is 24.1 Å². The Morgan fingerprint density at radius 3 is 2.20 bits per heavy atom. The van der Waals surface area contributed by atoms with Crippen LogP contribution in [0.25, 0.3) is 10.9 Å². The summed E-state index contributed by atoms with van der Waals surface area (Å²) in [6, 6.07) is 7.71. The second kappa shape index (κ2) is 11.7. The number of hydrogen-bond acceptors (Lipinski definition) is 1. The van der Waals surface area contributed by atoms with Gasteiger partial charge in [0.05, 0.1) is 6.67 Å². The first-order valence-electron chi connectivity index (χ1n) is 9.73. The SMILES string of the molecule is O=C(NCCCCCCCCCCCCF)c1cccc2[nH]ccc12. The van der Waals surface area contributed by atoms with Crippen LogP contribution in [0.15, 0.2) is 30.5 Å². The Kier molecular flexibility index (Phi) is 9.09. The molecule has 3 nitrogen and oxygen atoms in total. The number of rotatable bonds is 13. The summed E-state index contributed by atoms with van der Waals surface area (Å²) < 4.78 is 11.9. The van der Waals surface area contributed by atoms with Gasteiger partial charge in [0, 0.05) is 29.2 Å². The number of alkyl halides is 1. The molecule has 25 heavy (non-hydrogen) atoms. The van der Waals surface area contributed by atoms with E-state index in [1.165, 1.54) is 38.5 Å². The fourth-order valence-corrected chi connectivity index (χ4v) is 3.21. The molecule has 0 saturated heterocycles. The Morgan fingerprint density at radius 1 is 0.880 bits per heavy atom. The van der Waals surface area contributed by atoms with Crippen molar-refractivity contribution in [1.29, 1.82) is 0 Å². The predicted molar refractivity (Wildman–Crippen MR) is 103 cm³/mol. The number of H-pyrrole nitrogens is 1. The first kappa shape index (κ1) is 19.5. The van der Waals surface area contributed by atoms with Crippen molar-refractivity contribution >= 4 is 16.8 Å². The molecule has 0 saturated carbocycles. The van der Waals surface area contributed by atoms with Crippen molar-refractivity contribution in [3.63, 3.8) is 0 Å². The highest BCUT2D eigenvalue weighted by atomic mass is 19.1. The number of amides is 1.